The average Bonchev–Trinajstić information content (AvgIpc) is 2.36. The van der Waals surface area contributed by atoms with Crippen LogP contribution in [0.4, 0.5) is 5.69 Å². The van der Waals surface area contributed by atoms with Crippen LogP contribution in [0.5, 0.6) is 0 Å². The highest BCUT2D eigenvalue weighted by molar-refractivity contribution is 9.10. The van der Waals surface area contributed by atoms with E-state index in [-0.39, 0.29) is 0 Å². The van der Waals surface area contributed by atoms with E-state index in [4.69, 9.17) is 0 Å². The molecule has 0 radical (unpaired) electrons. The first-order chi connectivity index (χ1) is 9.36. The fourth-order valence-electron chi connectivity index (χ4n) is 1.97. The Morgan fingerprint density at radius 1 is 1.15 bits per heavy atom. The second-order valence-corrected chi connectivity index (χ2v) is 7.66. The van der Waals surface area contributed by atoms with Gasteiger partial charge in [-0.25, -0.2) is 8.42 Å². The smallest absolute Gasteiger partial charge is 0.177 e. The van der Waals surface area contributed by atoms with Crippen molar-refractivity contribution in [3.63, 3.8) is 0 Å². The van der Waals surface area contributed by atoms with Gasteiger partial charge in [-0.05, 0) is 30.7 Å². The van der Waals surface area contributed by atoms with E-state index in [1.54, 1.807) is 12.1 Å². The van der Waals surface area contributed by atoms with E-state index in [1.165, 1.54) is 11.8 Å². The van der Waals surface area contributed by atoms with E-state index in [9.17, 15) is 8.42 Å². The fraction of sp³-hybridized carbons (Fsp3) is 0.200. The summed E-state index contributed by atoms with van der Waals surface area (Å²) in [5, 5.41) is 3.19. The molecule has 3 nitrogen and oxygen atoms in total. The largest absolute Gasteiger partial charge is 0.380 e. The third kappa shape index (κ3) is 3.84. The number of sulfone groups is 1. The molecule has 2 rings (SSSR count). The Kier molecular flexibility index (Phi) is 4.50. The summed E-state index contributed by atoms with van der Waals surface area (Å²) < 4.78 is 24.4. The van der Waals surface area contributed by atoms with Crippen LogP contribution in [0.2, 0.25) is 0 Å². The number of hydrogen-bond acceptors (Lipinski definition) is 3. The molecule has 0 heterocycles. The number of anilines is 1. The van der Waals surface area contributed by atoms with Crippen molar-refractivity contribution < 1.29 is 8.42 Å². The van der Waals surface area contributed by atoms with Gasteiger partial charge in [0.05, 0.1) is 10.6 Å². The van der Waals surface area contributed by atoms with Crippen LogP contribution in [0.15, 0.2) is 51.8 Å². The second-order valence-electron chi connectivity index (χ2n) is 4.76. The van der Waals surface area contributed by atoms with Gasteiger partial charge >= 0.3 is 0 Å². The van der Waals surface area contributed by atoms with Gasteiger partial charge in [-0.1, -0.05) is 45.8 Å². The highest BCUT2D eigenvalue weighted by atomic mass is 79.9. The van der Waals surface area contributed by atoms with Crippen LogP contribution >= 0.6 is 15.9 Å². The first-order valence-corrected chi connectivity index (χ1v) is 8.84. The van der Waals surface area contributed by atoms with Crippen molar-refractivity contribution in [2.75, 3.05) is 11.6 Å². The minimum absolute atomic E-state index is 0.305. The van der Waals surface area contributed by atoms with Crippen molar-refractivity contribution >= 4 is 31.5 Å². The lowest BCUT2D eigenvalue weighted by Gasteiger charge is -2.12. The molecule has 2 aromatic carbocycles. The Morgan fingerprint density at radius 2 is 1.90 bits per heavy atom. The SMILES string of the molecule is Cc1cccc(CNc2ccc(Br)cc2S(C)(=O)=O)c1. The minimum atomic E-state index is -3.26. The Hall–Kier alpha value is -1.33. The quantitative estimate of drug-likeness (QED) is 0.909. The molecule has 5 heteroatoms. The standard InChI is InChI=1S/C15H16BrNO2S/c1-11-4-3-5-12(8-11)10-17-14-7-6-13(16)9-15(14)20(2,18)19/h3-9,17H,10H2,1-2H3. The molecular formula is C15H16BrNO2S. The van der Waals surface area contributed by atoms with Crippen molar-refractivity contribution in [1.82, 2.24) is 0 Å². The lowest BCUT2D eigenvalue weighted by Crippen LogP contribution is -2.06. The van der Waals surface area contributed by atoms with Crippen LogP contribution in [0.3, 0.4) is 0 Å². The zero-order valence-electron chi connectivity index (χ0n) is 11.4. The van der Waals surface area contributed by atoms with Crippen molar-refractivity contribution in [2.45, 2.75) is 18.4 Å². The second kappa shape index (κ2) is 5.97. The van der Waals surface area contributed by atoms with Crippen molar-refractivity contribution in [3.05, 3.63) is 58.1 Å². The Bertz CT molecular complexity index is 726. The molecule has 1 N–H and O–H groups in total. The zero-order chi connectivity index (χ0) is 14.8. The maximum absolute atomic E-state index is 11.8. The third-order valence-corrected chi connectivity index (χ3v) is 4.54. The van der Waals surface area contributed by atoms with Gasteiger partial charge in [0.1, 0.15) is 0 Å². The summed E-state index contributed by atoms with van der Waals surface area (Å²) in [7, 11) is -3.26. The molecule has 20 heavy (non-hydrogen) atoms. The highest BCUT2D eigenvalue weighted by Gasteiger charge is 2.13. The summed E-state index contributed by atoms with van der Waals surface area (Å²) in [6, 6.07) is 13.3. The van der Waals surface area contributed by atoms with Gasteiger partial charge in [-0.2, -0.15) is 0 Å². The molecule has 0 fully saturated rings. The first-order valence-electron chi connectivity index (χ1n) is 6.15. The fourth-order valence-corrected chi connectivity index (χ4v) is 3.36. The van der Waals surface area contributed by atoms with Gasteiger partial charge in [0.25, 0.3) is 0 Å². The molecule has 0 bridgehead atoms. The van der Waals surface area contributed by atoms with E-state index in [2.05, 4.69) is 27.3 Å². The molecule has 0 aliphatic rings. The number of hydrogen-bond donors (Lipinski definition) is 1. The number of nitrogens with one attached hydrogen (secondary N) is 1. The van der Waals surface area contributed by atoms with Crippen molar-refractivity contribution in [1.29, 1.82) is 0 Å². The molecule has 2 aromatic rings. The van der Waals surface area contributed by atoms with E-state index < -0.39 is 9.84 Å². The predicted molar refractivity (Wildman–Crippen MR) is 85.8 cm³/mol. The van der Waals surface area contributed by atoms with Gasteiger partial charge < -0.3 is 5.32 Å². The maximum Gasteiger partial charge on any atom is 0.177 e. The van der Waals surface area contributed by atoms with Crippen molar-refractivity contribution in [3.8, 4) is 0 Å². The van der Waals surface area contributed by atoms with Gasteiger partial charge in [0, 0.05) is 17.3 Å². The third-order valence-electron chi connectivity index (χ3n) is 2.91. The lowest BCUT2D eigenvalue weighted by molar-refractivity contribution is 0.602. The molecule has 0 aromatic heterocycles. The average molecular weight is 354 g/mol. The van der Waals surface area contributed by atoms with E-state index in [0.29, 0.717) is 17.1 Å². The minimum Gasteiger partial charge on any atom is -0.380 e. The molecule has 0 spiro atoms. The summed E-state index contributed by atoms with van der Waals surface area (Å²) in [6.45, 7) is 2.62. The van der Waals surface area contributed by atoms with Gasteiger partial charge in [-0.15, -0.1) is 0 Å². The first kappa shape index (κ1) is 15.1. The molecule has 0 atom stereocenters. The maximum atomic E-state index is 11.8. The Morgan fingerprint density at radius 3 is 2.55 bits per heavy atom. The molecular weight excluding hydrogens is 338 g/mol. The van der Waals surface area contributed by atoms with Gasteiger partial charge in [-0.3, -0.25) is 0 Å². The molecule has 0 unspecified atom stereocenters. The zero-order valence-corrected chi connectivity index (χ0v) is 13.8. The normalized spacial score (nSPS) is 11.3. The number of benzene rings is 2. The lowest BCUT2D eigenvalue weighted by atomic mass is 10.1. The molecule has 0 aliphatic heterocycles. The van der Waals surface area contributed by atoms with Crippen molar-refractivity contribution in [2.24, 2.45) is 0 Å². The summed E-state index contributed by atoms with van der Waals surface area (Å²) in [6.07, 6.45) is 1.21. The summed E-state index contributed by atoms with van der Waals surface area (Å²) >= 11 is 3.30. The van der Waals surface area contributed by atoms with Crippen LogP contribution in [0.25, 0.3) is 0 Å². The number of halogens is 1. The molecule has 0 amide bonds. The van der Waals surface area contributed by atoms with Gasteiger partial charge in [0.15, 0.2) is 9.84 Å². The molecule has 0 saturated heterocycles. The monoisotopic (exact) mass is 353 g/mol. The molecule has 0 aliphatic carbocycles. The van der Waals surface area contributed by atoms with E-state index in [0.717, 1.165) is 10.0 Å². The highest BCUT2D eigenvalue weighted by Crippen LogP contribution is 2.26. The summed E-state index contributed by atoms with van der Waals surface area (Å²) in [5.41, 5.74) is 2.92. The molecule has 0 saturated carbocycles. The predicted octanol–water partition coefficient (Wildman–Crippen LogP) is 3.77. The summed E-state index contributed by atoms with van der Waals surface area (Å²) in [4.78, 5) is 0.305. The van der Waals surface area contributed by atoms with Crippen LogP contribution in [-0.4, -0.2) is 14.7 Å². The van der Waals surface area contributed by atoms with Crippen LogP contribution in [0.1, 0.15) is 11.1 Å². The van der Waals surface area contributed by atoms with Gasteiger partial charge in [0.2, 0.25) is 0 Å². The van der Waals surface area contributed by atoms with Crippen LogP contribution in [0, 0.1) is 6.92 Å². The van der Waals surface area contributed by atoms with Crippen LogP contribution < -0.4 is 5.32 Å². The topological polar surface area (TPSA) is 46.2 Å². The van der Waals surface area contributed by atoms with E-state index in [1.807, 2.05) is 31.2 Å². The number of rotatable bonds is 4. The number of aryl methyl sites for hydroxylation is 1. The van der Waals surface area contributed by atoms with E-state index >= 15 is 0 Å². The Balaban J connectivity index is 2.26. The summed E-state index contributed by atoms with van der Waals surface area (Å²) in [5.74, 6) is 0. The molecule has 106 valence electrons. The van der Waals surface area contributed by atoms with Crippen LogP contribution in [-0.2, 0) is 16.4 Å². The Labute approximate surface area is 128 Å².